The van der Waals surface area contributed by atoms with Crippen molar-refractivity contribution >= 4 is 11.7 Å². The quantitative estimate of drug-likeness (QED) is 0.301. The van der Waals surface area contributed by atoms with Crippen LogP contribution in [0.5, 0.6) is 0 Å². The number of ether oxygens (including phenoxy) is 3. The summed E-state index contributed by atoms with van der Waals surface area (Å²) in [6.07, 6.45) is -1.41. The molecule has 3 rings (SSSR count). The Morgan fingerprint density at radius 2 is 1.83 bits per heavy atom. The second kappa shape index (κ2) is 8.89. The molecule has 0 spiro atoms. The highest BCUT2D eigenvalue weighted by atomic mass is 19.3. The summed E-state index contributed by atoms with van der Waals surface area (Å²) in [6, 6.07) is 13.7. The van der Waals surface area contributed by atoms with Crippen molar-refractivity contribution in [3.63, 3.8) is 0 Å². The third-order valence-corrected chi connectivity index (χ3v) is 4.12. The number of hydrogen-bond donors (Lipinski definition) is 0. The summed E-state index contributed by atoms with van der Waals surface area (Å²) in [7, 11) is 0. The summed E-state index contributed by atoms with van der Waals surface area (Å²) >= 11 is 0. The second-order valence-corrected chi connectivity index (χ2v) is 6.24. The molecule has 0 unspecified atom stereocenters. The van der Waals surface area contributed by atoms with Gasteiger partial charge in [-0.2, -0.15) is 8.78 Å². The number of benzene rings is 2. The third kappa shape index (κ3) is 5.43. The van der Waals surface area contributed by atoms with Crippen molar-refractivity contribution in [1.29, 1.82) is 0 Å². The highest BCUT2D eigenvalue weighted by molar-refractivity contribution is 5.89. The van der Waals surface area contributed by atoms with E-state index in [1.165, 1.54) is 12.1 Å². The minimum atomic E-state index is -3.28. The smallest absolute Gasteiger partial charge is 0.340 e. The van der Waals surface area contributed by atoms with E-state index in [0.717, 1.165) is 23.8 Å². The maximum absolute atomic E-state index is 14.1. The van der Waals surface area contributed by atoms with Crippen LogP contribution in [-0.4, -0.2) is 35.8 Å². The maximum Gasteiger partial charge on any atom is 0.340 e. The van der Waals surface area contributed by atoms with Crippen molar-refractivity contribution in [1.82, 2.24) is 0 Å². The molecule has 0 aliphatic carbocycles. The number of non-ortho nitro benzene ring substituents is 1. The lowest BCUT2D eigenvalue weighted by Gasteiger charge is -2.31. The average molecular weight is 405 g/mol. The van der Waals surface area contributed by atoms with Crippen LogP contribution < -0.4 is 0 Å². The molecular formula is C20H17F2NO6. The predicted molar refractivity (Wildman–Crippen MR) is 97.4 cm³/mol. The molecule has 29 heavy (non-hydrogen) atoms. The molecule has 0 saturated carbocycles. The van der Waals surface area contributed by atoms with Gasteiger partial charge in [0.05, 0.1) is 23.7 Å². The van der Waals surface area contributed by atoms with Crippen molar-refractivity contribution in [2.24, 2.45) is 0 Å². The van der Waals surface area contributed by atoms with Crippen molar-refractivity contribution < 1.29 is 32.7 Å². The van der Waals surface area contributed by atoms with Gasteiger partial charge in [0, 0.05) is 12.1 Å². The highest BCUT2D eigenvalue weighted by Crippen LogP contribution is 2.30. The minimum Gasteiger partial charge on any atom is -0.428 e. The first kappa shape index (κ1) is 20.6. The number of esters is 1. The zero-order chi connectivity index (χ0) is 20.9. The van der Waals surface area contributed by atoms with E-state index >= 15 is 0 Å². The Bertz CT molecular complexity index is 886. The molecule has 0 aromatic heterocycles. The van der Waals surface area contributed by atoms with Gasteiger partial charge < -0.3 is 14.2 Å². The number of nitro groups is 1. The van der Waals surface area contributed by atoms with Crippen LogP contribution in [0.1, 0.15) is 15.9 Å². The summed E-state index contributed by atoms with van der Waals surface area (Å²) in [5.41, 5.74) is 0.663. The molecule has 0 radical (unpaired) electrons. The molecule has 0 N–H and O–H groups in total. The second-order valence-electron chi connectivity index (χ2n) is 6.24. The summed E-state index contributed by atoms with van der Waals surface area (Å²) in [5, 5.41) is 10.7. The van der Waals surface area contributed by atoms with Gasteiger partial charge in [-0.3, -0.25) is 10.1 Å². The third-order valence-electron chi connectivity index (χ3n) is 4.12. The van der Waals surface area contributed by atoms with Crippen molar-refractivity contribution in [2.45, 2.75) is 24.9 Å². The largest absolute Gasteiger partial charge is 0.428 e. The van der Waals surface area contributed by atoms with Crippen LogP contribution in [0.2, 0.25) is 0 Å². The van der Waals surface area contributed by atoms with Crippen LogP contribution in [-0.2, 0) is 20.8 Å². The molecule has 9 heteroatoms. The van der Waals surface area contributed by atoms with E-state index in [2.05, 4.69) is 0 Å². The van der Waals surface area contributed by atoms with E-state index in [1.807, 2.05) is 6.07 Å². The van der Waals surface area contributed by atoms with Crippen molar-refractivity contribution in [2.75, 3.05) is 6.61 Å². The van der Waals surface area contributed by atoms with Gasteiger partial charge >= 0.3 is 5.97 Å². The molecule has 0 bridgehead atoms. The van der Waals surface area contributed by atoms with E-state index < -0.39 is 35.8 Å². The fourth-order valence-corrected chi connectivity index (χ4v) is 2.58. The first-order valence-electron chi connectivity index (χ1n) is 8.65. The Labute approximate surface area is 164 Å². The van der Waals surface area contributed by atoms with Crippen LogP contribution in [0.15, 0.2) is 66.7 Å². The van der Waals surface area contributed by atoms with E-state index in [0.29, 0.717) is 6.08 Å². The van der Waals surface area contributed by atoms with E-state index in [4.69, 9.17) is 14.2 Å². The van der Waals surface area contributed by atoms with Crippen LogP contribution in [0, 0.1) is 10.1 Å². The van der Waals surface area contributed by atoms with Gasteiger partial charge in [-0.05, 0) is 29.8 Å². The topological polar surface area (TPSA) is 87.9 Å². The summed E-state index contributed by atoms with van der Waals surface area (Å²) in [6.45, 7) is -0.272. The molecule has 0 fully saturated rings. The number of carbonyl (C=O) groups excluding carboxylic acids is 1. The van der Waals surface area contributed by atoms with E-state index in [-0.39, 0.29) is 17.9 Å². The van der Waals surface area contributed by atoms with Gasteiger partial charge in [0.2, 0.25) is 6.29 Å². The first-order chi connectivity index (χ1) is 13.8. The fraction of sp³-hybridized carbons (Fsp3) is 0.250. The summed E-state index contributed by atoms with van der Waals surface area (Å²) < 4.78 is 43.7. The SMILES string of the molecule is O=C(O[C@@H]1C=CC(F)(F)[C@@H](COCc2ccccc2)O1)c1ccc([N+](=O)[O-])cc1. The molecule has 0 saturated heterocycles. The minimum absolute atomic E-state index is 0.0295. The molecule has 0 amide bonds. The summed E-state index contributed by atoms with van der Waals surface area (Å²) in [4.78, 5) is 22.2. The van der Waals surface area contributed by atoms with Gasteiger partial charge in [0.15, 0.2) is 6.10 Å². The molecular weight excluding hydrogens is 388 g/mol. The lowest BCUT2D eigenvalue weighted by molar-refractivity contribution is -0.384. The molecule has 2 atom stereocenters. The Morgan fingerprint density at radius 3 is 2.48 bits per heavy atom. The monoisotopic (exact) mass is 405 g/mol. The standard InChI is InChI=1S/C20H17F2NO6/c21-20(22)11-10-18(28-17(20)13-27-12-14-4-2-1-3-5-14)29-19(24)15-6-8-16(9-7-15)23(25)26/h1-11,17-18H,12-13H2/t17-,18-/m1/s1. The number of nitro benzene ring substituents is 1. The molecule has 7 nitrogen and oxygen atoms in total. The Balaban J connectivity index is 1.57. The summed E-state index contributed by atoms with van der Waals surface area (Å²) in [5.74, 6) is -4.14. The van der Waals surface area contributed by atoms with E-state index in [1.54, 1.807) is 24.3 Å². The zero-order valence-corrected chi connectivity index (χ0v) is 15.1. The Morgan fingerprint density at radius 1 is 1.14 bits per heavy atom. The molecule has 2 aromatic rings. The molecule has 1 heterocycles. The number of halogens is 2. The van der Waals surface area contributed by atoms with Crippen LogP contribution in [0.3, 0.4) is 0 Å². The average Bonchev–Trinajstić information content (AvgIpc) is 2.71. The number of rotatable bonds is 7. The molecule has 2 aromatic carbocycles. The van der Waals surface area contributed by atoms with Gasteiger partial charge in [0.25, 0.3) is 11.6 Å². The molecule has 152 valence electrons. The lowest BCUT2D eigenvalue weighted by Crippen LogP contribution is -2.44. The van der Waals surface area contributed by atoms with E-state index in [9.17, 15) is 23.7 Å². The molecule has 1 aliphatic rings. The Kier molecular flexibility index (Phi) is 6.30. The Hall–Kier alpha value is -3.17. The number of nitrogens with zero attached hydrogens (tertiary/aromatic N) is 1. The predicted octanol–water partition coefficient (Wildman–Crippen LogP) is 3.88. The highest BCUT2D eigenvalue weighted by Gasteiger charge is 2.43. The first-order valence-corrected chi connectivity index (χ1v) is 8.65. The maximum atomic E-state index is 14.1. The van der Waals surface area contributed by atoms with Crippen molar-refractivity contribution in [3.8, 4) is 0 Å². The van der Waals surface area contributed by atoms with Crippen LogP contribution in [0.25, 0.3) is 0 Å². The normalized spacial score (nSPS) is 20.2. The van der Waals surface area contributed by atoms with Gasteiger partial charge in [0.1, 0.15) is 0 Å². The fourth-order valence-electron chi connectivity index (χ4n) is 2.58. The van der Waals surface area contributed by atoms with Crippen molar-refractivity contribution in [3.05, 3.63) is 88.0 Å². The van der Waals surface area contributed by atoms with Gasteiger partial charge in [-0.1, -0.05) is 30.3 Å². The van der Waals surface area contributed by atoms with Gasteiger partial charge in [-0.15, -0.1) is 0 Å². The number of hydrogen-bond acceptors (Lipinski definition) is 6. The number of carbonyl (C=O) groups is 1. The van der Waals surface area contributed by atoms with Crippen LogP contribution >= 0.6 is 0 Å². The lowest BCUT2D eigenvalue weighted by atomic mass is 10.1. The molecule has 1 aliphatic heterocycles. The zero-order valence-electron chi connectivity index (χ0n) is 15.1. The van der Waals surface area contributed by atoms with Crippen LogP contribution in [0.4, 0.5) is 14.5 Å². The number of alkyl halides is 2. The van der Waals surface area contributed by atoms with Gasteiger partial charge in [-0.25, -0.2) is 4.79 Å².